The molecule has 0 spiro atoms. The van der Waals surface area contributed by atoms with Crippen LogP contribution in [0, 0.1) is 11.8 Å². The van der Waals surface area contributed by atoms with E-state index in [-0.39, 0.29) is 6.42 Å². The van der Waals surface area contributed by atoms with Crippen LogP contribution in [-0.2, 0) is 9.53 Å². The molecule has 2 aliphatic heterocycles. The maximum atomic E-state index is 10.6. The molecule has 0 aromatic heterocycles. The van der Waals surface area contributed by atoms with Gasteiger partial charge in [-0.25, -0.2) is 0 Å². The van der Waals surface area contributed by atoms with E-state index < -0.39 is 5.97 Å². The van der Waals surface area contributed by atoms with Crippen LogP contribution in [0.5, 0.6) is 0 Å². The lowest BCUT2D eigenvalue weighted by molar-refractivity contribution is -0.137. The van der Waals surface area contributed by atoms with E-state index in [1.54, 1.807) is 0 Å². The van der Waals surface area contributed by atoms with Gasteiger partial charge in [-0.3, -0.25) is 4.79 Å². The number of unbranched alkanes of at least 4 members (excludes halogenated alkanes) is 1. The predicted molar refractivity (Wildman–Crippen MR) is 122 cm³/mol. The highest BCUT2D eigenvalue weighted by molar-refractivity contribution is 7.99. The Labute approximate surface area is 179 Å². The lowest BCUT2D eigenvalue weighted by atomic mass is 9.76. The fourth-order valence-corrected chi connectivity index (χ4v) is 5.62. The average molecular weight is 418 g/mol. The van der Waals surface area contributed by atoms with Crippen LogP contribution in [0.15, 0.2) is 42.5 Å². The van der Waals surface area contributed by atoms with Crippen molar-refractivity contribution in [1.82, 2.24) is 0 Å². The van der Waals surface area contributed by atoms with Crippen molar-refractivity contribution in [2.75, 3.05) is 23.4 Å². The van der Waals surface area contributed by atoms with Gasteiger partial charge in [0.15, 0.2) is 0 Å². The molecule has 2 saturated heterocycles. The summed E-state index contributed by atoms with van der Waals surface area (Å²) >= 11 is 2.07. The molecule has 0 aliphatic carbocycles. The van der Waals surface area contributed by atoms with Gasteiger partial charge in [0.1, 0.15) is 0 Å². The minimum atomic E-state index is -0.701. The zero-order valence-corrected chi connectivity index (χ0v) is 18.1. The van der Waals surface area contributed by atoms with Gasteiger partial charge < -0.3 is 15.2 Å². The lowest BCUT2D eigenvalue weighted by Gasteiger charge is -2.27. The highest BCUT2D eigenvalue weighted by atomic mass is 32.2. The summed E-state index contributed by atoms with van der Waals surface area (Å²) in [4.78, 5) is 10.6. The second-order valence-corrected chi connectivity index (χ2v) is 9.38. The number of nitrogens with one attached hydrogen (secondary N) is 1. The van der Waals surface area contributed by atoms with E-state index in [1.807, 2.05) is 6.07 Å². The molecule has 0 unspecified atom stereocenters. The van der Waals surface area contributed by atoms with Crippen LogP contribution in [0.1, 0.15) is 51.4 Å². The molecule has 1 aromatic rings. The summed E-state index contributed by atoms with van der Waals surface area (Å²) in [5.74, 6) is 3.09. The van der Waals surface area contributed by atoms with Gasteiger partial charge in [0.25, 0.3) is 0 Å². The summed E-state index contributed by atoms with van der Waals surface area (Å²) in [5, 5.41) is 12.2. The molecule has 4 atom stereocenters. The number of anilines is 1. The Hall–Kier alpha value is -1.46. The number of fused-ring (bicyclic) bond motifs is 2. The molecule has 2 N–H and O–H groups in total. The molecule has 2 aliphatic rings. The first-order valence-corrected chi connectivity index (χ1v) is 12.3. The average Bonchev–Trinajstić information content (AvgIpc) is 3.32. The van der Waals surface area contributed by atoms with Crippen molar-refractivity contribution in [3.05, 3.63) is 42.5 Å². The Bertz CT molecular complexity index is 636. The van der Waals surface area contributed by atoms with Crippen molar-refractivity contribution in [1.29, 1.82) is 0 Å². The van der Waals surface area contributed by atoms with Crippen molar-refractivity contribution >= 4 is 23.4 Å². The molecule has 0 saturated carbocycles. The van der Waals surface area contributed by atoms with E-state index in [4.69, 9.17) is 9.84 Å². The molecular formula is C24H35NO3S. The van der Waals surface area contributed by atoms with E-state index in [0.717, 1.165) is 25.8 Å². The molecule has 5 heteroatoms. The molecule has 3 rings (SSSR count). The first kappa shape index (κ1) is 22.2. The summed E-state index contributed by atoms with van der Waals surface area (Å²) in [6, 6.07) is 10.4. The third-order valence-electron chi connectivity index (χ3n) is 6.09. The molecule has 4 nitrogen and oxygen atoms in total. The van der Waals surface area contributed by atoms with Crippen LogP contribution in [0.4, 0.5) is 5.69 Å². The zero-order valence-electron chi connectivity index (χ0n) is 17.3. The number of hydrogen-bond acceptors (Lipinski definition) is 4. The smallest absolute Gasteiger partial charge is 0.303 e. The van der Waals surface area contributed by atoms with Crippen molar-refractivity contribution < 1.29 is 14.6 Å². The van der Waals surface area contributed by atoms with Gasteiger partial charge >= 0.3 is 5.97 Å². The topological polar surface area (TPSA) is 58.6 Å². The third-order valence-corrected chi connectivity index (χ3v) is 7.19. The fourth-order valence-electron chi connectivity index (χ4n) is 4.62. The van der Waals surface area contributed by atoms with Crippen molar-refractivity contribution in [3.8, 4) is 0 Å². The van der Waals surface area contributed by atoms with Crippen LogP contribution >= 0.6 is 11.8 Å². The highest BCUT2D eigenvalue weighted by Gasteiger charge is 2.47. The number of para-hydroxylation sites is 1. The van der Waals surface area contributed by atoms with Gasteiger partial charge in [-0.15, -0.1) is 0 Å². The summed E-state index contributed by atoms with van der Waals surface area (Å²) < 4.78 is 6.22. The van der Waals surface area contributed by atoms with Crippen LogP contribution in [0.25, 0.3) is 0 Å². The van der Waals surface area contributed by atoms with Crippen molar-refractivity contribution in [2.45, 2.75) is 63.6 Å². The number of carboxylic acids is 1. The lowest BCUT2D eigenvalue weighted by Crippen LogP contribution is -2.27. The predicted octanol–water partition coefficient (Wildman–Crippen LogP) is 5.61. The SMILES string of the molecule is O=C(O)CCC/C=C\C[C@@H]1[C@@H](CCSCCCNc2ccccc2)[C@@H]2CC[C@H]1O2. The number of thioether (sulfide) groups is 1. The number of benzene rings is 1. The second kappa shape index (κ2) is 12.3. The minimum Gasteiger partial charge on any atom is -0.481 e. The minimum absolute atomic E-state index is 0.266. The van der Waals surface area contributed by atoms with Gasteiger partial charge in [0, 0.05) is 18.7 Å². The van der Waals surface area contributed by atoms with E-state index in [2.05, 4.69) is 53.5 Å². The molecule has 0 radical (unpaired) electrons. The molecule has 1 aromatic carbocycles. The summed E-state index contributed by atoms with van der Waals surface area (Å²) in [6.07, 6.45) is 13.2. The zero-order chi connectivity index (χ0) is 20.3. The first-order valence-electron chi connectivity index (χ1n) is 11.1. The van der Waals surface area contributed by atoms with Crippen molar-refractivity contribution in [3.63, 3.8) is 0 Å². The van der Waals surface area contributed by atoms with Gasteiger partial charge in [0.2, 0.25) is 0 Å². The maximum Gasteiger partial charge on any atom is 0.303 e. The normalized spacial score (nSPS) is 25.7. The number of ether oxygens (including phenoxy) is 1. The van der Waals surface area contributed by atoms with Crippen molar-refractivity contribution in [2.24, 2.45) is 11.8 Å². The second-order valence-electron chi connectivity index (χ2n) is 8.16. The van der Waals surface area contributed by atoms with Crippen LogP contribution in [0.3, 0.4) is 0 Å². The maximum absolute atomic E-state index is 10.6. The summed E-state index contributed by atoms with van der Waals surface area (Å²) in [7, 11) is 0. The number of aliphatic carboxylic acids is 1. The van der Waals surface area contributed by atoms with E-state index in [0.29, 0.717) is 24.0 Å². The summed E-state index contributed by atoms with van der Waals surface area (Å²) in [6.45, 7) is 1.03. The van der Waals surface area contributed by atoms with Gasteiger partial charge in [-0.1, -0.05) is 30.4 Å². The summed E-state index contributed by atoms with van der Waals surface area (Å²) in [5.41, 5.74) is 1.20. The molecule has 2 fully saturated rings. The molecule has 160 valence electrons. The van der Waals surface area contributed by atoms with E-state index in [9.17, 15) is 4.79 Å². The number of carbonyl (C=O) groups is 1. The highest BCUT2D eigenvalue weighted by Crippen LogP contribution is 2.47. The Morgan fingerprint density at radius 2 is 1.90 bits per heavy atom. The van der Waals surface area contributed by atoms with Crippen LogP contribution in [0.2, 0.25) is 0 Å². The van der Waals surface area contributed by atoms with Gasteiger partial charge in [-0.05, 0) is 80.4 Å². The van der Waals surface area contributed by atoms with Gasteiger partial charge in [-0.2, -0.15) is 11.8 Å². The van der Waals surface area contributed by atoms with Crippen LogP contribution < -0.4 is 5.32 Å². The quantitative estimate of drug-likeness (QED) is 0.304. The third kappa shape index (κ3) is 7.38. The standard InChI is InChI=1S/C24H35NO3S/c26-24(27)12-7-2-1-6-11-20-21(23-14-13-22(20)28-23)15-18-29-17-8-16-25-19-9-4-3-5-10-19/h1,3-6,9-10,20-23,25H,2,7-8,11-18H2,(H,26,27)/b6-1-/t20-,21-,22-,23+/m1/s1. The van der Waals surface area contributed by atoms with Gasteiger partial charge in [0.05, 0.1) is 12.2 Å². The molecular weight excluding hydrogens is 382 g/mol. The number of rotatable bonds is 14. The van der Waals surface area contributed by atoms with E-state index in [1.165, 1.54) is 42.9 Å². The molecule has 2 heterocycles. The fraction of sp³-hybridized carbons (Fsp3) is 0.625. The number of allylic oxidation sites excluding steroid dienone is 2. The number of carboxylic acid groups (broad SMARTS) is 1. The Morgan fingerprint density at radius 3 is 2.69 bits per heavy atom. The Morgan fingerprint density at radius 1 is 1.10 bits per heavy atom. The van der Waals surface area contributed by atoms with Crippen LogP contribution in [-0.4, -0.2) is 41.3 Å². The molecule has 29 heavy (non-hydrogen) atoms. The monoisotopic (exact) mass is 417 g/mol. The molecule has 2 bridgehead atoms. The largest absolute Gasteiger partial charge is 0.481 e. The van der Waals surface area contributed by atoms with E-state index >= 15 is 0 Å². The first-order chi connectivity index (χ1) is 14.2. The Balaban J connectivity index is 1.28. The molecule has 0 amide bonds. The Kier molecular flexibility index (Phi) is 9.42. The number of hydrogen-bond donors (Lipinski definition) is 2.